The van der Waals surface area contributed by atoms with Crippen LogP contribution in [0.2, 0.25) is 0 Å². The number of nitrogens with two attached hydrogens (primary N) is 1. The van der Waals surface area contributed by atoms with E-state index in [4.69, 9.17) is 10.8 Å². The van der Waals surface area contributed by atoms with Crippen LogP contribution in [0, 0.1) is 6.92 Å². The van der Waals surface area contributed by atoms with Crippen LogP contribution in [-0.2, 0) is 0 Å². The second-order valence-corrected chi connectivity index (χ2v) is 3.67. The highest BCUT2D eigenvalue weighted by molar-refractivity contribution is 5.88. The molecule has 0 saturated carbocycles. The average Bonchev–Trinajstić information content (AvgIpc) is 2.21. The number of carbonyl (C=O) groups is 1. The predicted octanol–water partition coefficient (Wildman–Crippen LogP) is 2.40. The Morgan fingerprint density at radius 1 is 1.59 bits per heavy atom. The maximum absolute atomic E-state index is 10.9. The number of aromatic hydroxyl groups is 1. The van der Waals surface area contributed by atoms with Crippen LogP contribution in [0.1, 0.15) is 33.9 Å². The van der Waals surface area contributed by atoms with Gasteiger partial charge in [-0.1, -0.05) is 6.08 Å². The van der Waals surface area contributed by atoms with Gasteiger partial charge < -0.3 is 15.9 Å². The van der Waals surface area contributed by atoms with Gasteiger partial charge in [0.15, 0.2) is 0 Å². The molecule has 1 aromatic carbocycles. The molecular weight excluding hydrogens is 242 g/mol. The number of hydrogen-bond acceptors (Lipinski definition) is 3. The molecule has 0 saturated heterocycles. The highest BCUT2D eigenvalue weighted by atomic mass is 35.5. The van der Waals surface area contributed by atoms with Crippen LogP contribution in [0.5, 0.6) is 5.75 Å². The van der Waals surface area contributed by atoms with Gasteiger partial charge in [0.2, 0.25) is 0 Å². The van der Waals surface area contributed by atoms with E-state index >= 15 is 0 Å². The maximum atomic E-state index is 10.9. The summed E-state index contributed by atoms with van der Waals surface area (Å²) in [6.07, 6.45) is 2.11. The van der Waals surface area contributed by atoms with Crippen molar-refractivity contribution in [2.75, 3.05) is 0 Å². The first-order chi connectivity index (χ1) is 7.47. The van der Waals surface area contributed by atoms with Gasteiger partial charge in [0.1, 0.15) is 5.75 Å². The molecule has 1 rings (SSSR count). The molecule has 1 atom stereocenters. The molecule has 4 nitrogen and oxygen atoms in total. The number of aromatic carboxylic acids is 1. The van der Waals surface area contributed by atoms with Gasteiger partial charge in [0.25, 0.3) is 0 Å². The summed E-state index contributed by atoms with van der Waals surface area (Å²) >= 11 is 0. The van der Waals surface area contributed by atoms with E-state index in [0.29, 0.717) is 17.5 Å². The Morgan fingerprint density at radius 3 is 2.65 bits per heavy atom. The lowest BCUT2D eigenvalue weighted by molar-refractivity contribution is 0.0696. The lowest BCUT2D eigenvalue weighted by Crippen LogP contribution is -2.11. The standard InChI is InChI=1S/C12H15NO3.ClH/c1-3-4-10(13)9-6-8(12(15)16)5-7(2)11(9)14;/h3,5-6,10,14H,1,4,13H2,2H3,(H,15,16);1H/t10-;/m0./s1. The minimum absolute atomic E-state index is 0. The second kappa shape index (κ2) is 6.27. The molecule has 0 aliphatic carbocycles. The van der Waals surface area contributed by atoms with Crippen LogP contribution in [0.15, 0.2) is 24.8 Å². The fourth-order valence-electron chi connectivity index (χ4n) is 1.52. The first kappa shape index (κ1) is 15.5. The largest absolute Gasteiger partial charge is 0.507 e. The highest BCUT2D eigenvalue weighted by Crippen LogP contribution is 2.29. The smallest absolute Gasteiger partial charge is 0.335 e. The number of benzene rings is 1. The lowest BCUT2D eigenvalue weighted by Gasteiger charge is -2.14. The minimum atomic E-state index is -1.03. The van der Waals surface area contributed by atoms with Gasteiger partial charge in [-0.15, -0.1) is 19.0 Å². The van der Waals surface area contributed by atoms with Crippen molar-refractivity contribution in [3.63, 3.8) is 0 Å². The van der Waals surface area contributed by atoms with Crippen molar-refractivity contribution >= 4 is 18.4 Å². The molecule has 0 amide bonds. The van der Waals surface area contributed by atoms with E-state index in [0.717, 1.165) is 0 Å². The fraction of sp³-hybridized carbons (Fsp3) is 0.250. The summed E-state index contributed by atoms with van der Waals surface area (Å²) in [7, 11) is 0. The Morgan fingerprint density at radius 2 is 2.18 bits per heavy atom. The van der Waals surface area contributed by atoms with E-state index in [-0.39, 0.29) is 23.7 Å². The number of phenolic OH excluding ortho intramolecular Hbond substituents is 1. The van der Waals surface area contributed by atoms with Gasteiger partial charge in [-0.05, 0) is 31.0 Å². The Hall–Kier alpha value is -1.52. The SMILES string of the molecule is C=CC[C@H](N)c1cc(C(=O)O)cc(C)c1O.Cl. The van der Waals surface area contributed by atoms with Crippen molar-refractivity contribution in [2.24, 2.45) is 5.73 Å². The predicted molar refractivity (Wildman–Crippen MR) is 68.8 cm³/mol. The van der Waals surface area contributed by atoms with Gasteiger partial charge in [-0.3, -0.25) is 0 Å². The molecule has 0 aliphatic heterocycles. The molecule has 0 unspecified atom stereocenters. The van der Waals surface area contributed by atoms with Crippen molar-refractivity contribution in [1.82, 2.24) is 0 Å². The summed E-state index contributed by atoms with van der Waals surface area (Å²) in [6.45, 7) is 5.20. The van der Waals surface area contributed by atoms with Gasteiger partial charge in [-0.2, -0.15) is 0 Å². The van der Waals surface area contributed by atoms with Crippen LogP contribution < -0.4 is 5.73 Å². The molecule has 0 spiro atoms. The van der Waals surface area contributed by atoms with Crippen LogP contribution in [0.25, 0.3) is 0 Å². The third kappa shape index (κ3) is 3.47. The summed E-state index contributed by atoms with van der Waals surface area (Å²) in [6, 6.07) is 2.39. The molecule has 1 aromatic rings. The van der Waals surface area contributed by atoms with Gasteiger partial charge in [-0.25, -0.2) is 4.79 Å². The van der Waals surface area contributed by atoms with Gasteiger partial charge >= 0.3 is 5.97 Å². The number of rotatable bonds is 4. The monoisotopic (exact) mass is 257 g/mol. The summed E-state index contributed by atoms with van der Waals surface area (Å²) < 4.78 is 0. The van der Waals surface area contributed by atoms with Crippen LogP contribution in [0.4, 0.5) is 0 Å². The summed E-state index contributed by atoms with van der Waals surface area (Å²) in [4.78, 5) is 10.9. The molecule has 0 aliphatic rings. The molecule has 0 aromatic heterocycles. The van der Waals surface area contributed by atoms with E-state index in [9.17, 15) is 9.90 Å². The highest BCUT2D eigenvalue weighted by Gasteiger charge is 2.15. The van der Waals surface area contributed by atoms with Gasteiger partial charge in [0, 0.05) is 11.6 Å². The quantitative estimate of drug-likeness (QED) is 0.723. The van der Waals surface area contributed by atoms with Crippen molar-refractivity contribution in [1.29, 1.82) is 0 Å². The zero-order valence-electron chi connectivity index (χ0n) is 9.51. The first-order valence-electron chi connectivity index (χ1n) is 4.90. The Kier molecular flexibility index (Phi) is 5.71. The number of phenols is 1. The Bertz CT molecular complexity index is 432. The molecule has 4 N–H and O–H groups in total. The Balaban J connectivity index is 0.00000256. The van der Waals surface area contributed by atoms with Crippen molar-refractivity contribution in [2.45, 2.75) is 19.4 Å². The molecule has 0 fully saturated rings. The third-order valence-electron chi connectivity index (χ3n) is 2.40. The molecule has 0 bridgehead atoms. The Labute approximate surface area is 106 Å². The number of hydrogen-bond donors (Lipinski definition) is 3. The molecule has 5 heteroatoms. The molecular formula is C12H16ClNO3. The normalized spacial score (nSPS) is 11.4. The van der Waals surface area contributed by atoms with Crippen molar-refractivity contribution in [3.05, 3.63) is 41.5 Å². The number of aryl methyl sites for hydroxylation is 1. The number of halogens is 1. The molecule has 0 radical (unpaired) electrons. The van der Waals surface area contributed by atoms with E-state index < -0.39 is 12.0 Å². The van der Waals surface area contributed by atoms with Crippen molar-refractivity contribution in [3.8, 4) is 5.75 Å². The molecule has 94 valence electrons. The van der Waals surface area contributed by atoms with Crippen LogP contribution in [-0.4, -0.2) is 16.2 Å². The summed E-state index contributed by atoms with van der Waals surface area (Å²) in [5.74, 6) is -0.977. The second-order valence-electron chi connectivity index (χ2n) is 3.67. The van der Waals surface area contributed by atoms with E-state index in [1.807, 2.05) is 0 Å². The maximum Gasteiger partial charge on any atom is 0.335 e. The van der Waals surface area contributed by atoms with Crippen LogP contribution >= 0.6 is 12.4 Å². The summed E-state index contributed by atoms with van der Waals surface area (Å²) in [5.41, 5.74) is 6.90. The molecule has 17 heavy (non-hydrogen) atoms. The fourth-order valence-corrected chi connectivity index (χ4v) is 1.52. The zero-order chi connectivity index (χ0) is 12.3. The lowest BCUT2D eigenvalue weighted by atomic mass is 9.98. The summed E-state index contributed by atoms with van der Waals surface area (Å²) in [5, 5.41) is 18.7. The van der Waals surface area contributed by atoms with Crippen LogP contribution in [0.3, 0.4) is 0 Å². The number of carboxylic acids is 1. The molecule has 0 heterocycles. The number of carboxylic acid groups (broad SMARTS) is 1. The zero-order valence-corrected chi connectivity index (χ0v) is 10.3. The van der Waals surface area contributed by atoms with E-state index in [2.05, 4.69) is 6.58 Å². The van der Waals surface area contributed by atoms with E-state index in [1.54, 1.807) is 13.0 Å². The average molecular weight is 258 g/mol. The minimum Gasteiger partial charge on any atom is -0.507 e. The van der Waals surface area contributed by atoms with Crippen molar-refractivity contribution < 1.29 is 15.0 Å². The topological polar surface area (TPSA) is 83.6 Å². The van der Waals surface area contributed by atoms with E-state index in [1.165, 1.54) is 12.1 Å². The first-order valence-corrected chi connectivity index (χ1v) is 4.90. The third-order valence-corrected chi connectivity index (χ3v) is 2.40. The van der Waals surface area contributed by atoms with Gasteiger partial charge in [0.05, 0.1) is 5.56 Å².